The van der Waals surface area contributed by atoms with Gasteiger partial charge in [-0.1, -0.05) is 45.0 Å². The number of fused-ring (bicyclic) bond motifs is 1. The molecule has 0 atom stereocenters. The molecule has 0 aliphatic carbocycles. The Morgan fingerprint density at radius 2 is 1.42 bits per heavy atom. The highest BCUT2D eigenvalue weighted by molar-refractivity contribution is 7.89. The Balaban J connectivity index is 0.857. The number of esters is 1. The lowest BCUT2D eigenvalue weighted by Gasteiger charge is -2.31. The van der Waals surface area contributed by atoms with Crippen molar-refractivity contribution >= 4 is 44.4 Å². The molecule has 67 heavy (non-hydrogen) atoms. The fourth-order valence-corrected chi connectivity index (χ4v) is 8.98. The van der Waals surface area contributed by atoms with Crippen LogP contribution in [0.3, 0.4) is 0 Å². The molecule has 1 fully saturated rings. The van der Waals surface area contributed by atoms with E-state index in [0.29, 0.717) is 80.3 Å². The third-order valence-corrected chi connectivity index (χ3v) is 12.8. The summed E-state index contributed by atoms with van der Waals surface area (Å²) in [5, 5.41) is 16.5. The third-order valence-electron chi connectivity index (χ3n) is 10.9. The molecule has 6 rings (SSSR count). The minimum absolute atomic E-state index is 0.0453. The highest BCUT2D eigenvalue weighted by atomic mass is 32.2. The van der Waals surface area contributed by atoms with Crippen molar-refractivity contribution in [2.45, 2.75) is 76.2 Å². The van der Waals surface area contributed by atoms with Gasteiger partial charge in [0.25, 0.3) is 11.8 Å². The Morgan fingerprint density at radius 3 is 2.06 bits per heavy atom. The number of para-hydroxylation sites is 1. The molecule has 2 amide bonds. The quantitative estimate of drug-likeness (QED) is 0.0491. The summed E-state index contributed by atoms with van der Waals surface area (Å²) in [7, 11) is -3.76. The summed E-state index contributed by atoms with van der Waals surface area (Å²) in [4.78, 5) is 53.8. The van der Waals surface area contributed by atoms with Crippen LogP contribution in [0.25, 0.3) is 10.9 Å². The Labute approximate surface area is 391 Å². The summed E-state index contributed by atoms with van der Waals surface area (Å²) >= 11 is 0. The molecular weight excluding hydrogens is 881 g/mol. The number of sulfonamides is 1. The van der Waals surface area contributed by atoms with Gasteiger partial charge in [0.15, 0.2) is 11.5 Å². The predicted octanol–water partition coefficient (Wildman–Crippen LogP) is 6.91. The molecule has 4 N–H and O–H groups in total. The van der Waals surface area contributed by atoms with E-state index >= 15 is 0 Å². The molecule has 2 heterocycles. The van der Waals surface area contributed by atoms with Gasteiger partial charge in [0.05, 0.1) is 31.3 Å². The lowest BCUT2D eigenvalue weighted by molar-refractivity contribution is -0.153. The van der Waals surface area contributed by atoms with E-state index in [4.69, 9.17) is 23.7 Å². The van der Waals surface area contributed by atoms with E-state index in [1.165, 1.54) is 40.8 Å². The number of ether oxygens (including phenoxy) is 5. The predicted molar refractivity (Wildman–Crippen MR) is 254 cm³/mol. The van der Waals surface area contributed by atoms with Gasteiger partial charge in [-0.3, -0.25) is 19.2 Å². The number of carbonyl (C=O) groups excluding carboxylic acids is 3. The molecular formula is C50H60N4O12S. The number of rotatable bonds is 19. The summed E-state index contributed by atoms with van der Waals surface area (Å²) < 4.78 is 56.5. The molecule has 16 nitrogen and oxygen atoms in total. The molecule has 0 bridgehead atoms. The maximum Gasteiger partial charge on any atom is 0.325 e. The van der Waals surface area contributed by atoms with Gasteiger partial charge in [-0.15, -0.1) is 0 Å². The van der Waals surface area contributed by atoms with Gasteiger partial charge in [-0.25, -0.2) is 8.42 Å². The average Bonchev–Trinajstić information content (AvgIpc) is 3.29. The standard InChI is InChI=1S/C50H60N4O12S/c1-49(2,3)40-29-44(43(55)30-42(40)53-48(59)39-31-51-41-10-8-7-9-38(41)46(39)57)65-28-26-63-24-23-62-25-27-64-36-15-11-33(12-16-36)34-19-21-54(22-20-34)67(60,61)37-17-13-35(14-18-37)47(58)52-32-45(56)66-50(4,5)6/h7-18,29-31,34,55H,19-28,32H2,1-6H3,(H,51,57)(H,52,58)(H,53,59). The van der Waals surface area contributed by atoms with Gasteiger partial charge in [-0.05, 0) is 111 Å². The second kappa shape index (κ2) is 22.0. The van der Waals surface area contributed by atoms with Gasteiger partial charge >= 0.3 is 5.97 Å². The number of benzene rings is 4. The van der Waals surface area contributed by atoms with Crippen LogP contribution in [-0.4, -0.2) is 105 Å². The number of phenolic OH excluding ortho intramolecular Hbond substituents is 1. The van der Waals surface area contributed by atoms with Gasteiger partial charge in [-0.2, -0.15) is 4.31 Å². The first kappa shape index (κ1) is 50.1. The number of aromatic hydroxyl groups is 1. The molecule has 0 unspecified atom stereocenters. The van der Waals surface area contributed by atoms with Crippen LogP contribution in [0.1, 0.15) is 92.1 Å². The molecule has 17 heteroatoms. The SMILES string of the molecule is CC(C)(C)OC(=O)CNC(=O)c1ccc(S(=O)(=O)N2CCC(c3ccc(OCCOCCOCCOc4cc(C(C)(C)C)c(NC(=O)c5c[nH]c6ccccc6c5=O)cc4O)cc3)CC2)cc1. The third kappa shape index (κ3) is 13.7. The Hall–Kier alpha value is -6.27. The number of nitrogens with zero attached hydrogens (tertiary/aromatic N) is 1. The molecule has 4 aromatic carbocycles. The monoisotopic (exact) mass is 940 g/mol. The van der Waals surface area contributed by atoms with Crippen LogP contribution in [0.2, 0.25) is 0 Å². The fourth-order valence-electron chi connectivity index (χ4n) is 7.51. The second-order valence-electron chi connectivity index (χ2n) is 18.1. The summed E-state index contributed by atoms with van der Waals surface area (Å²) in [5.41, 5.74) is 1.47. The first-order valence-corrected chi connectivity index (χ1v) is 23.6. The molecule has 358 valence electrons. The van der Waals surface area contributed by atoms with Crippen LogP contribution in [0.15, 0.2) is 101 Å². The summed E-state index contributed by atoms with van der Waals surface area (Å²) in [6.07, 6.45) is 2.69. The van der Waals surface area contributed by atoms with Crippen LogP contribution in [0, 0.1) is 0 Å². The number of piperidine rings is 1. The number of nitrogens with one attached hydrogen (secondary N) is 3. The number of H-pyrrole nitrogens is 1. The number of amides is 2. The van der Waals surface area contributed by atoms with Gasteiger partial charge in [0.2, 0.25) is 15.5 Å². The topological polar surface area (TPSA) is 212 Å². The number of phenols is 1. The van der Waals surface area contributed by atoms with Crippen molar-refractivity contribution in [3.8, 4) is 17.2 Å². The minimum atomic E-state index is -3.76. The van der Waals surface area contributed by atoms with Gasteiger partial charge in [0, 0.05) is 47.5 Å². The van der Waals surface area contributed by atoms with E-state index < -0.39 is 44.3 Å². The molecule has 1 saturated heterocycles. The van der Waals surface area contributed by atoms with E-state index in [9.17, 15) is 32.7 Å². The maximum absolute atomic E-state index is 13.4. The molecule has 5 aromatic rings. The lowest BCUT2D eigenvalue weighted by Crippen LogP contribution is -2.38. The number of aromatic amines is 1. The van der Waals surface area contributed by atoms with Crippen LogP contribution < -0.4 is 25.5 Å². The second-order valence-corrected chi connectivity index (χ2v) is 20.0. The number of hydrogen-bond donors (Lipinski definition) is 4. The zero-order valence-electron chi connectivity index (χ0n) is 38.8. The average molecular weight is 941 g/mol. The Bertz CT molecular complexity index is 2680. The van der Waals surface area contributed by atoms with Crippen molar-refractivity contribution in [2.75, 3.05) is 64.6 Å². The van der Waals surface area contributed by atoms with Crippen molar-refractivity contribution in [1.82, 2.24) is 14.6 Å². The van der Waals surface area contributed by atoms with E-state index in [1.807, 2.05) is 45.0 Å². The smallest absolute Gasteiger partial charge is 0.325 e. The Morgan fingerprint density at radius 1 is 0.791 bits per heavy atom. The maximum atomic E-state index is 13.4. The van der Waals surface area contributed by atoms with Gasteiger partial charge in [0.1, 0.15) is 36.7 Å². The molecule has 1 aliphatic heterocycles. The van der Waals surface area contributed by atoms with Crippen LogP contribution in [0.4, 0.5) is 5.69 Å². The molecule has 0 saturated carbocycles. The van der Waals surface area contributed by atoms with Crippen molar-refractivity contribution in [3.05, 3.63) is 124 Å². The van der Waals surface area contributed by atoms with Gasteiger partial charge < -0.3 is 44.4 Å². The normalized spacial score (nSPS) is 13.8. The number of pyridine rings is 1. The highest BCUT2D eigenvalue weighted by Crippen LogP contribution is 2.39. The minimum Gasteiger partial charge on any atom is -0.504 e. The molecule has 0 radical (unpaired) electrons. The zero-order chi connectivity index (χ0) is 48.4. The van der Waals surface area contributed by atoms with Crippen LogP contribution >= 0.6 is 0 Å². The first-order chi connectivity index (χ1) is 31.8. The van der Waals surface area contributed by atoms with Crippen molar-refractivity contribution in [2.24, 2.45) is 0 Å². The highest BCUT2D eigenvalue weighted by Gasteiger charge is 2.30. The molecule has 1 aliphatic rings. The number of anilines is 1. The van der Waals surface area contributed by atoms with Crippen molar-refractivity contribution in [3.63, 3.8) is 0 Å². The molecule has 0 spiro atoms. The van der Waals surface area contributed by atoms with E-state index in [-0.39, 0.29) is 53.2 Å². The summed E-state index contributed by atoms with van der Waals surface area (Å²) in [6, 6.07) is 23.5. The largest absolute Gasteiger partial charge is 0.504 e. The number of hydrogen-bond acceptors (Lipinski definition) is 12. The van der Waals surface area contributed by atoms with E-state index in [2.05, 4.69) is 15.6 Å². The summed E-state index contributed by atoms with van der Waals surface area (Å²) in [5.74, 6) is -0.733. The number of aromatic nitrogens is 1. The van der Waals surface area contributed by atoms with Crippen LogP contribution in [0.5, 0.6) is 17.2 Å². The van der Waals surface area contributed by atoms with E-state index in [1.54, 1.807) is 51.1 Å². The van der Waals surface area contributed by atoms with E-state index in [0.717, 1.165) is 5.56 Å². The summed E-state index contributed by atoms with van der Waals surface area (Å²) in [6.45, 7) is 13.2. The lowest BCUT2D eigenvalue weighted by atomic mass is 9.85. The van der Waals surface area contributed by atoms with Crippen LogP contribution in [-0.2, 0) is 34.4 Å². The van der Waals surface area contributed by atoms with Crippen molar-refractivity contribution < 1.29 is 51.6 Å². The van der Waals surface area contributed by atoms with Crippen molar-refractivity contribution in [1.29, 1.82) is 0 Å². The number of carbonyl (C=O) groups is 3. The molecule has 1 aromatic heterocycles. The first-order valence-electron chi connectivity index (χ1n) is 22.2. The Kier molecular flexibility index (Phi) is 16.5. The zero-order valence-corrected chi connectivity index (χ0v) is 39.6. The fraction of sp³-hybridized carbons (Fsp3) is 0.400.